The van der Waals surface area contributed by atoms with E-state index in [-0.39, 0.29) is 11.7 Å². The van der Waals surface area contributed by atoms with E-state index in [0.29, 0.717) is 11.7 Å². The molecule has 2 unspecified atom stereocenters. The molecule has 20 heavy (non-hydrogen) atoms. The van der Waals surface area contributed by atoms with Gasteiger partial charge in [-0.2, -0.15) is 0 Å². The number of phenolic OH excluding ortho intramolecular Hbond substituents is 2. The highest BCUT2D eigenvalue weighted by Crippen LogP contribution is 2.34. The van der Waals surface area contributed by atoms with Gasteiger partial charge in [-0.3, -0.25) is 0 Å². The maximum Gasteiger partial charge on any atom is 0.119 e. The first-order chi connectivity index (χ1) is 9.52. The summed E-state index contributed by atoms with van der Waals surface area (Å²) in [6.45, 7) is 6.43. The second kappa shape index (κ2) is 6.00. The van der Waals surface area contributed by atoms with Gasteiger partial charge in [-0.25, -0.2) is 0 Å². The van der Waals surface area contributed by atoms with Crippen LogP contribution in [0.2, 0.25) is 0 Å². The highest BCUT2D eigenvalue weighted by molar-refractivity contribution is 5.44. The molecule has 0 saturated heterocycles. The molecule has 2 aromatic carbocycles. The number of hydrogen-bond acceptors (Lipinski definition) is 2. The summed E-state index contributed by atoms with van der Waals surface area (Å²) in [5, 5.41) is 19.5. The monoisotopic (exact) mass is 270 g/mol. The van der Waals surface area contributed by atoms with E-state index in [2.05, 4.69) is 26.8 Å². The highest BCUT2D eigenvalue weighted by Gasteiger charge is 2.15. The molecule has 0 saturated carbocycles. The average molecular weight is 270 g/mol. The summed E-state index contributed by atoms with van der Waals surface area (Å²) in [5.74, 6) is 1.18. The van der Waals surface area contributed by atoms with Crippen LogP contribution in [0, 0.1) is 0 Å². The van der Waals surface area contributed by atoms with E-state index in [1.807, 2.05) is 18.2 Å². The van der Waals surface area contributed by atoms with Gasteiger partial charge in [0.2, 0.25) is 0 Å². The Kier molecular flexibility index (Phi) is 4.33. The van der Waals surface area contributed by atoms with Gasteiger partial charge < -0.3 is 10.2 Å². The van der Waals surface area contributed by atoms with Gasteiger partial charge in [-0.05, 0) is 41.7 Å². The topological polar surface area (TPSA) is 40.5 Å². The molecule has 0 aromatic heterocycles. The van der Waals surface area contributed by atoms with Crippen molar-refractivity contribution < 1.29 is 10.2 Å². The Labute approximate surface area is 120 Å². The van der Waals surface area contributed by atoms with E-state index in [1.54, 1.807) is 18.2 Å². The minimum Gasteiger partial charge on any atom is -0.508 e. The SMILES string of the molecule is CCC(C)c1ccc(O)c(C(C)c2ccc(O)cc2)c1. The van der Waals surface area contributed by atoms with Gasteiger partial charge in [0, 0.05) is 11.5 Å². The van der Waals surface area contributed by atoms with Gasteiger partial charge in [0.15, 0.2) is 0 Å². The van der Waals surface area contributed by atoms with Crippen molar-refractivity contribution in [1.82, 2.24) is 0 Å². The van der Waals surface area contributed by atoms with Crippen LogP contribution in [0.4, 0.5) is 0 Å². The van der Waals surface area contributed by atoms with Crippen LogP contribution in [0.25, 0.3) is 0 Å². The molecule has 0 radical (unpaired) electrons. The Balaban J connectivity index is 2.38. The van der Waals surface area contributed by atoms with Gasteiger partial charge in [0.1, 0.15) is 11.5 Å². The smallest absolute Gasteiger partial charge is 0.119 e. The molecule has 0 aliphatic rings. The number of rotatable bonds is 4. The number of hydrogen-bond donors (Lipinski definition) is 2. The molecule has 0 aliphatic carbocycles. The first-order valence-corrected chi connectivity index (χ1v) is 7.14. The summed E-state index contributed by atoms with van der Waals surface area (Å²) >= 11 is 0. The zero-order valence-electron chi connectivity index (χ0n) is 12.3. The standard InChI is InChI=1S/C18H22O2/c1-4-12(2)15-7-10-18(20)17(11-15)13(3)14-5-8-16(19)9-6-14/h5-13,19-20H,4H2,1-3H3. The van der Waals surface area contributed by atoms with E-state index < -0.39 is 0 Å². The average Bonchev–Trinajstić information content (AvgIpc) is 2.47. The molecule has 0 heterocycles. The summed E-state index contributed by atoms with van der Waals surface area (Å²) in [6.07, 6.45) is 1.08. The Hall–Kier alpha value is -1.96. The van der Waals surface area contributed by atoms with Gasteiger partial charge in [-0.15, -0.1) is 0 Å². The van der Waals surface area contributed by atoms with Gasteiger partial charge in [-0.1, -0.05) is 45.0 Å². The minimum absolute atomic E-state index is 0.0969. The fourth-order valence-corrected chi connectivity index (χ4v) is 2.40. The predicted octanol–water partition coefficient (Wildman–Crippen LogP) is 4.76. The lowest BCUT2D eigenvalue weighted by molar-refractivity contribution is 0.465. The zero-order valence-corrected chi connectivity index (χ0v) is 12.3. The van der Waals surface area contributed by atoms with E-state index in [4.69, 9.17) is 0 Å². The van der Waals surface area contributed by atoms with Crippen LogP contribution in [0.5, 0.6) is 11.5 Å². The molecule has 2 N–H and O–H groups in total. The number of benzene rings is 2. The summed E-state index contributed by atoms with van der Waals surface area (Å²) in [6, 6.07) is 13.0. The largest absolute Gasteiger partial charge is 0.508 e. The van der Waals surface area contributed by atoms with Crippen molar-refractivity contribution in [3.8, 4) is 11.5 Å². The summed E-state index contributed by atoms with van der Waals surface area (Å²) in [4.78, 5) is 0. The molecule has 0 aliphatic heterocycles. The van der Waals surface area contributed by atoms with E-state index in [1.165, 1.54) is 5.56 Å². The van der Waals surface area contributed by atoms with Gasteiger partial charge >= 0.3 is 0 Å². The van der Waals surface area contributed by atoms with Crippen molar-refractivity contribution in [1.29, 1.82) is 0 Å². The van der Waals surface area contributed by atoms with Crippen molar-refractivity contribution >= 4 is 0 Å². The molecule has 0 fully saturated rings. The first-order valence-electron chi connectivity index (χ1n) is 7.14. The van der Waals surface area contributed by atoms with Crippen molar-refractivity contribution in [2.45, 2.75) is 39.0 Å². The molecule has 2 heteroatoms. The van der Waals surface area contributed by atoms with E-state index >= 15 is 0 Å². The van der Waals surface area contributed by atoms with Crippen LogP contribution in [0.1, 0.15) is 55.7 Å². The first kappa shape index (κ1) is 14.4. The van der Waals surface area contributed by atoms with Gasteiger partial charge in [0.05, 0.1) is 0 Å². The molecule has 2 nitrogen and oxygen atoms in total. The van der Waals surface area contributed by atoms with Crippen molar-refractivity contribution in [3.05, 3.63) is 59.2 Å². The Morgan fingerprint density at radius 1 is 0.900 bits per heavy atom. The number of phenols is 2. The maximum absolute atomic E-state index is 10.1. The Morgan fingerprint density at radius 3 is 2.10 bits per heavy atom. The third-order valence-corrected chi connectivity index (χ3v) is 4.09. The quantitative estimate of drug-likeness (QED) is 0.840. The van der Waals surface area contributed by atoms with Crippen LogP contribution in [-0.2, 0) is 0 Å². The lowest BCUT2D eigenvalue weighted by Crippen LogP contribution is -1.99. The molecular weight excluding hydrogens is 248 g/mol. The van der Waals surface area contributed by atoms with Crippen LogP contribution in [0.15, 0.2) is 42.5 Å². The lowest BCUT2D eigenvalue weighted by atomic mass is 9.88. The van der Waals surface area contributed by atoms with Crippen molar-refractivity contribution in [2.24, 2.45) is 0 Å². The molecule has 0 amide bonds. The van der Waals surface area contributed by atoms with Crippen LogP contribution in [-0.4, -0.2) is 10.2 Å². The molecule has 2 atom stereocenters. The molecule has 0 bridgehead atoms. The van der Waals surface area contributed by atoms with E-state index in [0.717, 1.165) is 17.5 Å². The van der Waals surface area contributed by atoms with E-state index in [9.17, 15) is 10.2 Å². The van der Waals surface area contributed by atoms with Crippen molar-refractivity contribution in [2.75, 3.05) is 0 Å². The van der Waals surface area contributed by atoms with Crippen LogP contribution >= 0.6 is 0 Å². The van der Waals surface area contributed by atoms with Crippen LogP contribution < -0.4 is 0 Å². The van der Waals surface area contributed by atoms with Crippen molar-refractivity contribution in [3.63, 3.8) is 0 Å². The molecular formula is C18H22O2. The predicted molar refractivity (Wildman–Crippen MR) is 82.4 cm³/mol. The molecule has 0 spiro atoms. The van der Waals surface area contributed by atoms with Crippen LogP contribution in [0.3, 0.4) is 0 Å². The number of aromatic hydroxyl groups is 2. The fourth-order valence-electron chi connectivity index (χ4n) is 2.40. The minimum atomic E-state index is 0.0969. The molecule has 2 rings (SSSR count). The third kappa shape index (κ3) is 2.96. The Morgan fingerprint density at radius 2 is 1.50 bits per heavy atom. The molecule has 2 aromatic rings. The fraction of sp³-hybridized carbons (Fsp3) is 0.333. The summed E-state index contributed by atoms with van der Waals surface area (Å²) < 4.78 is 0. The second-order valence-electron chi connectivity index (χ2n) is 5.44. The third-order valence-electron chi connectivity index (χ3n) is 4.09. The molecule has 106 valence electrons. The van der Waals surface area contributed by atoms with Gasteiger partial charge in [0.25, 0.3) is 0 Å². The maximum atomic E-state index is 10.1. The highest BCUT2D eigenvalue weighted by atomic mass is 16.3. The zero-order chi connectivity index (χ0) is 14.7. The normalized spacial score (nSPS) is 13.9. The second-order valence-corrected chi connectivity index (χ2v) is 5.44. The Bertz CT molecular complexity index is 572. The summed E-state index contributed by atoms with van der Waals surface area (Å²) in [7, 11) is 0. The summed E-state index contributed by atoms with van der Waals surface area (Å²) in [5.41, 5.74) is 3.28. The lowest BCUT2D eigenvalue weighted by Gasteiger charge is -2.17.